The molecule has 1 aliphatic carbocycles. The van der Waals surface area contributed by atoms with E-state index in [0.717, 1.165) is 5.75 Å². The molecular formula is C20H22O. The van der Waals surface area contributed by atoms with Gasteiger partial charge in [0.25, 0.3) is 0 Å². The second-order valence-electron chi connectivity index (χ2n) is 6.59. The number of fused-ring (bicyclic) bond motifs is 3. The van der Waals surface area contributed by atoms with Crippen molar-refractivity contribution >= 4 is 0 Å². The molecule has 1 fully saturated rings. The van der Waals surface area contributed by atoms with Gasteiger partial charge in [0.15, 0.2) is 0 Å². The van der Waals surface area contributed by atoms with Crippen LogP contribution in [-0.4, -0.2) is 0 Å². The van der Waals surface area contributed by atoms with Gasteiger partial charge in [-0.25, -0.2) is 0 Å². The molecular weight excluding hydrogens is 256 g/mol. The Morgan fingerprint density at radius 3 is 2.48 bits per heavy atom. The maximum absolute atomic E-state index is 6.54. The van der Waals surface area contributed by atoms with Crippen LogP contribution in [-0.2, 0) is 0 Å². The van der Waals surface area contributed by atoms with E-state index in [1.54, 1.807) is 0 Å². The van der Waals surface area contributed by atoms with Crippen LogP contribution >= 0.6 is 0 Å². The first-order valence-corrected chi connectivity index (χ1v) is 8.07. The van der Waals surface area contributed by atoms with Gasteiger partial charge in [-0.2, -0.15) is 0 Å². The molecule has 1 heteroatoms. The first-order valence-electron chi connectivity index (χ1n) is 8.07. The molecule has 0 bridgehead atoms. The van der Waals surface area contributed by atoms with Crippen LogP contribution in [0.15, 0.2) is 42.5 Å². The van der Waals surface area contributed by atoms with Crippen molar-refractivity contribution in [1.82, 2.24) is 0 Å². The SMILES string of the molecule is Cc1ccc(C)c2c1O[C@H](c1ccccc1)[C@H]1CCC[C@@H]21. The lowest BCUT2D eigenvalue weighted by Crippen LogP contribution is -2.27. The lowest BCUT2D eigenvalue weighted by Gasteiger charge is -2.38. The highest BCUT2D eigenvalue weighted by Crippen LogP contribution is 2.55. The van der Waals surface area contributed by atoms with Crippen molar-refractivity contribution in [3.8, 4) is 5.75 Å². The standard InChI is InChI=1S/C20H22O/c1-13-11-12-14(2)19-18(13)16-9-6-10-17(16)20(21-19)15-7-4-3-5-8-15/h3-5,7-8,11-12,16-17,20H,6,9-10H2,1-2H3/t16-,17+,20-/m1/s1. The zero-order valence-corrected chi connectivity index (χ0v) is 12.8. The average Bonchev–Trinajstić information content (AvgIpc) is 3.00. The quantitative estimate of drug-likeness (QED) is 0.686. The summed E-state index contributed by atoms with van der Waals surface area (Å²) in [7, 11) is 0. The van der Waals surface area contributed by atoms with Crippen molar-refractivity contribution < 1.29 is 4.74 Å². The summed E-state index contributed by atoms with van der Waals surface area (Å²) in [5, 5.41) is 0. The molecule has 1 nitrogen and oxygen atoms in total. The van der Waals surface area contributed by atoms with Crippen molar-refractivity contribution in [2.75, 3.05) is 0 Å². The third kappa shape index (κ3) is 1.98. The van der Waals surface area contributed by atoms with E-state index < -0.39 is 0 Å². The first-order chi connectivity index (χ1) is 10.3. The van der Waals surface area contributed by atoms with E-state index in [1.165, 1.54) is 41.5 Å². The lowest BCUT2D eigenvalue weighted by atomic mass is 9.78. The molecule has 0 unspecified atom stereocenters. The minimum Gasteiger partial charge on any atom is -0.485 e. The van der Waals surface area contributed by atoms with Crippen molar-refractivity contribution in [3.63, 3.8) is 0 Å². The molecule has 21 heavy (non-hydrogen) atoms. The summed E-state index contributed by atoms with van der Waals surface area (Å²) >= 11 is 0. The van der Waals surface area contributed by atoms with Crippen molar-refractivity contribution in [1.29, 1.82) is 0 Å². The van der Waals surface area contributed by atoms with Gasteiger partial charge in [0.1, 0.15) is 11.9 Å². The lowest BCUT2D eigenvalue weighted by molar-refractivity contribution is 0.103. The number of rotatable bonds is 1. The Bertz CT molecular complexity index is 659. The summed E-state index contributed by atoms with van der Waals surface area (Å²) < 4.78 is 6.54. The Balaban J connectivity index is 1.85. The minimum atomic E-state index is 0.228. The minimum absolute atomic E-state index is 0.228. The predicted octanol–water partition coefficient (Wildman–Crippen LogP) is 5.32. The van der Waals surface area contributed by atoms with Crippen LogP contribution in [0.25, 0.3) is 0 Å². The average molecular weight is 278 g/mol. The van der Waals surface area contributed by atoms with E-state index in [1.807, 2.05) is 0 Å². The highest BCUT2D eigenvalue weighted by atomic mass is 16.5. The topological polar surface area (TPSA) is 9.23 Å². The van der Waals surface area contributed by atoms with Crippen LogP contribution < -0.4 is 4.74 Å². The maximum Gasteiger partial charge on any atom is 0.127 e. The van der Waals surface area contributed by atoms with Gasteiger partial charge in [-0.3, -0.25) is 0 Å². The van der Waals surface area contributed by atoms with Gasteiger partial charge >= 0.3 is 0 Å². The van der Waals surface area contributed by atoms with Gasteiger partial charge in [0.05, 0.1) is 0 Å². The van der Waals surface area contributed by atoms with E-state index in [9.17, 15) is 0 Å². The van der Waals surface area contributed by atoms with E-state index >= 15 is 0 Å². The van der Waals surface area contributed by atoms with E-state index in [-0.39, 0.29) is 6.10 Å². The zero-order valence-electron chi connectivity index (χ0n) is 12.8. The summed E-state index contributed by atoms with van der Waals surface area (Å²) in [6.07, 6.45) is 4.16. The third-order valence-corrected chi connectivity index (χ3v) is 5.31. The Morgan fingerprint density at radius 2 is 1.67 bits per heavy atom. The Hall–Kier alpha value is -1.76. The number of aryl methyl sites for hydroxylation is 2. The predicted molar refractivity (Wildman–Crippen MR) is 85.8 cm³/mol. The maximum atomic E-state index is 6.54. The van der Waals surface area contributed by atoms with Gasteiger partial charge in [0, 0.05) is 11.5 Å². The summed E-state index contributed by atoms with van der Waals surface area (Å²) in [6.45, 7) is 4.41. The van der Waals surface area contributed by atoms with Gasteiger partial charge in [0.2, 0.25) is 0 Å². The van der Waals surface area contributed by atoms with Gasteiger partial charge < -0.3 is 4.74 Å². The molecule has 0 aromatic heterocycles. The summed E-state index contributed by atoms with van der Waals surface area (Å²) in [5.74, 6) is 2.48. The molecule has 0 spiro atoms. The monoisotopic (exact) mass is 278 g/mol. The normalized spacial score (nSPS) is 26.9. The first kappa shape index (κ1) is 12.9. The van der Waals surface area contributed by atoms with E-state index in [0.29, 0.717) is 11.8 Å². The fraction of sp³-hybridized carbons (Fsp3) is 0.400. The van der Waals surface area contributed by atoms with Crippen LogP contribution in [0.5, 0.6) is 5.75 Å². The van der Waals surface area contributed by atoms with E-state index in [4.69, 9.17) is 4.74 Å². The number of hydrogen-bond donors (Lipinski definition) is 0. The summed E-state index contributed by atoms with van der Waals surface area (Å²) in [4.78, 5) is 0. The number of ether oxygens (including phenoxy) is 1. The fourth-order valence-electron chi connectivity index (χ4n) is 4.31. The second-order valence-corrected chi connectivity index (χ2v) is 6.59. The number of hydrogen-bond acceptors (Lipinski definition) is 1. The fourth-order valence-corrected chi connectivity index (χ4v) is 4.31. The third-order valence-electron chi connectivity index (χ3n) is 5.31. The van der Waals surface area contributed by atoms with Gasteiger partial charge in [-0.05, 0) is 49.3 Å². The molecule has 0 saturated heterocycles. The molecule has 1 heterocycles. The van der Waals surface area contributed by atoms with Gasteiger partial charge in [-0.15, -0.1) is 0 Å². The molecule has 0 amide bonds. The van der Waals surface area contributed by atoms with Crippen molar-refractivity contribution in [2.45, 2.75) is 45.1 Å². The molecule has 108 valence electrons. The second kappa shape index (κ2) is 4.91. The molecule has 0 N–H and O–H groups in total. The summed E-state index contributed by atoms with van der Waals surface area (Å²) in [5.41, 5.74) is 5.51. The molecule has 0 radical (unpaired) electrons. The Morgan fingerprint density at radius 1 is 0.905 bits per heavy atom. The highest BCUT2D eigenvalue weighted by Gasteiger charge is 2.42. The Labute approximate surface area is 127 Å². The molecule has 1 aliphatic heterocycles. The van der Waals surface area contributed by atoms with E-state index in [2.05, 4.69) is 56.3 Å². The zero-order chi connectivity index (χ0) is 14.4. The largest absolute Gasteiger partial charge is 0.485 e. The summed E-state index contributed by atoms with van der Waals surface area (Å²) in [6, 6.07) is 15.2. The van der Waals surface area contributed by atoms with Crippen LogP contribution in [0.4, 0.5) is 0 Å². The smallest absolute Gasteiger partial charge is 0.127 e. The number of benzene rings is 2. The molecule has 2 aromatic rings. The van der Waals surface area contributed by atoms with Gasteiger partial charge in [-0.1, -0.05) is 48.9 Å². The van der Waals surface area contributed by atoms with Crippen LogP contribution in [0, 0.1) is 19.8 Å². The Kier molecular flexibility index (Phi) is 3.02. The van der Waals surface area contributed by atoms with Crippen LogP contribution in [0.3, 0.4) is 0 Å². The molecule has 1 saturated carbocycles. The van der Waals surface area contributed by atoms with Crippen molar-refractivity contribution in [3.05, 3.63) is 64.7 Å². The van der Waals surface area contributed by atoms with Crippen molar-refractivity contribution in [2.24, 2.45) is 5.92 Å². The molecule has 4 rings (SSSR count). The molecule has 2 aliphatic rings. The van der Waals surface area contributed by atoms with Crippen LogP contribution in [0.1, 0.15) is 53.5 Å². The van der Waals surface area contributed by atoms with Crippen LogP contribution in [0.2, 0.25) is 0 Å². The molecule has 3 atom stereocenters. The molecule has 2 aromatic carbocycles. The highest BCUT2D eigenvalue weighted by molar-refractivity contribution is 5.50.